The number of benzene rings is 8. The summed E-state index contributed by atoms with van der Waals surface area (Å²) < 4.78 is 4.89. The van der Waals surface area contributed by atoms with E-state index in [9.17, 15) is 0 Å². The van der Waals surface area contributed by atoms with E-state index in [4.69, 9.17) is 0 Å². The third kappa shape index (κ3) is 5.41. The van der Waals surface area contributed by atoms with E-state index < -0.39 is 0 Å². The molecule has 0 spiro atoms. The summed E-state index contributed by atoms with van der Waals surface area (Å²) in [6.45, 7) is 0. The van der Waals surface area contributed by atoms with Crippen molar-refractivity contribution in [2.45, 2.75) is 12.8 Å². The van der Waals surface area contributed by atoms with Crippen molar-refractivity contribution in [2.24, 2.45) is 0 Å². The maximum absolute atomic E-state index is 2.48. The van der Waals surface area contributed by atoms with Gasteiger partial charge in [-0.1, -0.05) is 152 Å². The van der Waals surface area contributed by atoms with Crippen LogP contribution in [0, 0.1) is 0 Å². The summed E-state index contributed by atoms with van der Waals surface area (Å²) in [4.78, 5) is 0. The molecule has 1 aliphatic rings. The van der Waals surface area contributed by atoms with Crippen molar-refractivity contribution in [1.29, 1.82) is 0 Å². The smallest absolute Gasteiger partial charge is 0.0541 e. The summed E-state index contributed by atoms with van der Waals surface area (Å²) in [6, 6.07) is 70.9. The molecule has 0 saturated heterocycles. The molecule has 264 valence electrons. The lowest BCUT2D eigenvalue weighted by molar-refractivity contribution is 0.992. The lowest BCUT2D eigenvalue weighted by atomic mass is 9.96. The Balaban J connectivity index is 0.961. The van der Waals surface area contributed by atoms with Crippen LogP contribution in [-0.2, 0) is 0 Å². The number of hydrogen-bond acceptors (Lipinski definition) is 0. The van der Waals surface area contributed by atoms with Crippen LogP contribution in [0.25, 0.3) is 93.9 Å². The van der Waals surface area contributed by atoms with Crippen LogP contribution in [0.15, 0.2) is 206 Å². The van der Waals surface area contributed by atoms with Crippen molar-refractivity contribution in [3.63, 3.8) is 0 Å². The summed E-state index contributed by atoms with van der Waals surface area (Å²) in [6.07, 6.45) is 6.67. The molecular weight excluding hydrogens is 677 g/mol. The molecule has 8 aromatic carbocycles. The van der Waals surface area contributed by atoms with E-state index >= 15 is 0 Å². The van der Waals surface area contributed by atoms with Gasteiger partial charge in [-0.15, -0.1) is 0 Å². The first kappa shape index (κ1) is 32.3. The molecule has 0 aliphatic heterocycles. The molecule has 11 rings (SSSR count). The summed E-state index contributed by atoms with van der Waals surface area (Å²) >= 11 is 0. The number of aromatic nitrogens is 2. The van der Waals surface area contributed by atoms with Crippen LogP contribution >= 0.6 is 0 Å². The van der Waals surface area contributed by atoms with Gasteiger partial charge in [0, 0.05) is 32.9 Å². The fourth-order valence-corrected chi connectivity index (χ4v) is 8.89. The van der Waals surface area contributed by atoms with Gasteiger partial charge in [0.25, 0.3) is 0 Å². The van der Waals surface area contributed by atoms with Crippen LogP contribution in [0.1, 0.15) is 18.4 Å². The highest BCUT2D eigenvalue weighted by molar-refractivity contribution is 6.13. The quantitative estimate of drug-likeness (QED) is 0.162. The van der Waals surface area contributed by atoms with Gasteiger partial charge in [-0.05, 0) is 112 Å². The van der Waals surface area contributed by atoms with Crippen molar-refractivity contribution >= 4 is 54.9 Å². The third-order valence-corrected chi connectivity index (χ3v) is 11.7. The summed E-state index contributed by atoms with van der Waals surface area (Å²) in [7, 11) is 0. The second-order valence-electron chi connectivity index (χ2n) is 14.9. The van der Waals surface area contributed by atoms with Gasteiger partial charge in [-0.2, -0.15) is 0 Å². The van der Waals surface area contributed by atoms with E-state index in [0.717, 1.165) is 18.5 Å². The van der Waals surface area contributed by atoms with E-state index in [1.165, 1.54) is 93.8 Å². The minimum Gasteiger partial charge on any atom is -0.313 e. The lowest BCUT2D eigenvalue weighted by Crippen LogP contribution is -2.01. The topological polar surface area (TPSA) is 9.86 Å². The van der Waals surface area contributed by atoms with Gasteiger partial charge in [-0.25, -0.2) is 0 Å². The Morgan fingerprint density at radius 2 is 0.714 bits per heavy atom. The van der Waals surface area contributed by atoms with E-state index in [-0.39, 0.29) is 0 Å². The van der Waals surface area contributed by atoms with E-state index in [0.29, 0.717) is 0 Å². The van der Waals surface area contributed by atoms with Crippen molar-refractivity contribution < 1.29 is 0 Å². The second-order valence-corrected chi connectivity index (χ2v) is 14.9. The minimum absolute atomic E-state index is 1.00. The number of allylic oxidation sites excluding steroid dienone is 4. The predicted octanol–water partition coefficient (Wildman–Crippen LogP) is 14.6. The summed E-state index contributed by atoms with van der Waals surface area (Å²) in [5.41, 5.74) is 17.5. The first-order valence-electron chi connectivity index (χ1n) is 19.6. The lowest BCUT2D eigenvalue weighted by Gasteiger charge is -2.18. The standard InChI is InChI=1S/C54H38N2/c1-3-11-37(12-4-1)39-19-21-40(22-20-39)42-25-31-46(32-26-42)56-52-18-10-8-16-48(52)50-36-44(28-34-54(50)56)43-27-33-53-49(35-43)47-15-7-9-17-51(47)55(53)45-29-23-41(24-30-45)38-13-5-2-6-14-38/h1-23,25-29,31-36H,24,30H2. The normalized spacial score (nSPS) is 13.1. The first-order valence-corrected chi connectivity index (χ1v) is 19.6. The van der Waals surface area contributed by atoms with Crippen LogP contribution in [-0.4, -0.2) is 9.13 Å². The minimum atomic E-state index is 1.00. The average molecular weight is 715 g/mol. The van der Waals surface area contributed by atoms with Crippen LogP contribution < -0.4 is 0 Å². The molecule has 1 aliphatic carbocycles. The van der Waals surface area contributed by atoms with Crippen LogP contribution in [0.3, 0.4) is 0 Å². The molecule has 0 unspecified atom stereocenters. The Hall–Kier alpha value is -7.16. The average Bonchev–Trinajstić information content (AvgIpc) is 3.79. The summed E-state index contributed by atoms with van der Waals surface area (Å²) in [5.74, 6) is 0. The Labute approximate surface area is 326 Å². The molecular formula is C54H38N2. The van der Waals surface area contributed by atoms with Crippen LogP contribution in [0.5, 0.6) is 0 Å². The molecule has 2 aromatic heterocycles. The number of fused-ring (bicyclic) bond motifs is 6. The van der Waals surface area contributed by atoms with Gasteiger partial charge in [0.15, 0.2) is 0 Å². The maximum atomic E-state index is 2.48. The Kier molecular flexibility index (Phi) is 7.67. The van der Waals surface area contributed by atoms with Crippen molar-refractivity contribution in [1.82, 2.24) is 9.13 Å². The largest absolute Gasteiger partial charge is 0.313 e. The molecule has 10 aromatic rings. The molecule has 0 fully saturated rings. The fraction of sp³-hybridized carbons (Fsp3) is 0.0370. The molecule has 2 nitrogen and oxygen atoms in total. The zero-order valence-electron chi connectivity index (χ0n) is 30.9. The molecule has 0 radical (unpaired) electrons. The maximum Gasteiger partial charge on any atom is 0.0541 e. The zero-order valence-corrected chi connectivity index (χ0v) is 30.9. The molecule has 0 saturated carbocycles. The molecule has 0 bridgehead atoms. The summed E-state index contributed by atoms with van der Waals surface area (Å²) in [5, 5.41) is 5.09. The van der Waals surface area contributed by atoms with Crippen molar-refractivity contribution in [3.05, 3.63) is 212 Å². The number of nitrogens with zero attached hydrogens (tertiary/aromatic N) is 2. The van der Waals surface area contributed by atoms with E-state index in [1.807, 2.05) is 0 Å². The Morgan fingerprint density at radius 3 is 1.27 bits per heavy atom. The zero-order chi connectivity index (χ0) is 37.0. The Morgan fingerprint density at radius 1 is 0.286 bits per heavy atom. The molecule has 2 heterocycles. The van der Waals surface area contributed by atoms with Gasteiger partial charge < -0.3 is 9.13 Å². The van der Waals surface area contributed by atoms with Crippen molar-refractivity contribution in [3.8, 4) is 39.1 Å². The third-order valence-electron chi connectivity index (χ3n) is 11.7. The highest BCUT2D eigenvalue weighted by atomic mass is 15.0. The molecule has 2 heteroatoms. The molecule has 0 N–H and O–H groups in total. The molecule has 56 heavy (non-hydrogen) atoms. The van der Waals surface area contributed by atoms with Gasteiger partial charge in [0.1, 0.15) is 0 Å². The van der Waals surface area contributed by atoms with E-state index in [1.54, 1.807) is 0 Å². The second kappa shape index (κ2) is 13.3. The Bertz CT molecular complexity index is 3140. The van der Waals surface area contributed by atoms with Gasteiger partial charge in [-0.3, -0.25) is 0 Å². The molecule has 0 amide bonds. The van der Waals surface area contributed by atoms with Crippen molar-refractivity contribution in [2.75, 3.05) is 0 Å². The number of hydrogen-bond donors (Lipinski definition) is 0. The van der Waals surface area contributed by atoms with Gasteiger partial charge in [0.05, 0.1) is 22.1 Å². The molecule has 0 atom stereocenters. The monoisotopic (exact) mass is 714 g/mol. The SMILES string of the molecule is C1=C(c2ccccc2)CCC(n2c3ccccc3c3cc(-c4ccc5c(c4)c4ccccc4n5-c4ccc(-c5ccc(-c6ccccc6)cc5)cc4)ccc32)=C1. The van der Waals surface area contributed by atoms with Crippen LogP contribution in [0.2, 0.25) is 0 Å². The number of rotatable bonds is 6. The van der Waals surface area contributed by atoms with Gasteiger partial charge in [0.2, 0.25) is 0 Å². The van der Waals surface area contributed by atoms with E-state index in [2.05, 4.69) is 215 Å². The van der Waals surface area contributed by atoms with Crippen LogP contribution in [0.4, 0.5) is 0 Å². The first-order chi connectivity index (χ1) is 27.8. The number of para-hydroxylation sites is 2. The van der Waals surface area contributed by atoms with Gasteiger partial charge >= 0.3 is 0 Å². The predicted molar refractivity (Wildman–Crippen MR) is 238 cm³/mol. The fourth-order valence-electron chi connectivity index (χ4n) is 8.89. The highest BCUT2D eigenvalue weighted by Gasteiger charge is 2.18. The highest BCUT2D eigenvalue weighted by Crippen LogP contribution is 2.40.